The fourth-order valence-corrected chi connectivity index (χ4v) is 4.01. The van der Waals surface area contributed by atoms with Crippen molar-refractivity contribution >= 4 is 33.9 Å². The maximum Gasteiger partial charge on any atom is 0.310 e. The molecule has 0 atom stereocenters. The number of aryl methyl sites for hydroxylation is 5. The number of phenols is 1. The number of ether oxygens (including phenoxy) is 1. The summed E-state index contributed by atoms with van der Waals surface area (Å²) in [6.45, 7) is 10.8. The highest BCUT2D eigenvalue weighted by molar-refractivity contribution is 5.82. The molecule has 0 amide bonds. The molecule has 0 aliphatic carbocycles. The van der Waals surface area contributed by atoms with Gasteiger partial charge in [-0.1, -0.05) is 7.43 Å². The first-order chi connectivity index (χ1) is 17.8. The first-order valence-corrected chi connectivity index (χ1v) is 12.0. The summed E-state index contributed by atoms with van der Waals surface area (Å²) in [4.78, 5) is 46.9. The van der Waals surface area contributed by atoms with Gasteiger partial charge in [-0.15, -0.1) is 0 Å². The molecular weight excluding hydrogens is 504 g/mol. The number of aromatic hydroxyl groups is 1. The van der Waals surface area contributed by atoms with E-state index in [-0.39, 0.29) is 59.2 Å². The van der Waals surface area contributed by atoms with Crippen LogP contribution in [-0.2, 0) is 27.2 Å². The lowest BCUT2D eigenvalue weighted by atomic mass is 10.0. The van der Waals surface area contributed by atoms with Crippen LogP contribution < -0.4 is 10.9 Å². The number of carbonyl (C=O) groups excluding carboxylic acids is 1. The minimum atomic E-state index is -1.08. The van der Waals surface area contributed by atoms with Gasteiger partial charge in [0.2, 0.25) is 0 Å². The van der Waals surface area contributed by atoms with E-state index in [1.807, 2.05) is 26.0 Å². The standard InChI is InChI=1S/C16H18O4.C13H12O5.CH4/c1-5-19-15(17)8-12-11(4)20-14-7-10(3)9(2)6-13(14)16(12)18;1-6-3-9-11(5-10(6)14)18-7(2)8(13(9)17)4-12(15)16;/h6-7H,5,8H2,1-4H3;3,5,14H,4H2,1-2H3,(H,15,16);1H4. The van der Waals surface area contributed by atoms with Crippen LogP contribution in [0.25, 0.3) is 21.9 Å². The molecule has 0 aliphatic heterocycles. The van der Waals surface area contributed by atoms with Crippen LogP contribution in [0.3, 0.4) is 0 Å². The monoisotopic (exact) mass is 538 g/mol. The summed E-state index contributed by atoms with van der Waals surface area (Å²) < 4.78 is 16.0. The molecule has 0 unspecified atom stereocenters. The Morgan fingerprint density at radius 2 is 1.23 bits per heavy atom. The van der Waals surface area contributed by atoms with Gasteiger partial charge in [-0.25, -0.2) is 0 Å². The molecule has 4 aromatic rings. The number of carboxylic acid groups (broad SMARTS) is 1. The van der Waals surface area contributed by atoms with Gasteiger partial charge in [0.25, 0.3) is 0 Å². The van der Waals surface area contributed by atoms with Gasteiger partial charge in [0.1, 0.15) is 28.4 Å². The molecule has 2 heterocycles. The number of carbonyl (C=O) groups is 2. The van der Waals surface area contributed by atoms with Crippen molar-refractivity contribution in [3.8, 4) is 5.75 Å². The summed E-state index contributed by atoms with van der Waals surface area (Å²) in [7, 11) is 0. The molecule has 0 radical (unpaired) electrons. The van der Waals surface area contributed by atoms with E-state index < -0.39 is 11.9 Å². The Labute approximate surface area is 225 Å². The molecule has 2 aromatic heterocycles. The summed E-state index contributed by atoms with van der Waals surface area (Å²) in [5, 5.41) is 19.1. The molecule has 0 bridgehead atoms. The molecule has 0 saturated heterocycles. The number of rotatable bonds is 5. The van der Waals surface area contributed by atoms with Crippen LogP contribution in [0.4, 0.5) is 0 Å². The molecule has 9 nitrogen and oxygen atoms in total. The Bertz CT molecular complexity index is 1670. The van der Waals surface area contributed by atoms with Crippen LogP contribution >= 0.6 is 0 Å². The van der Waals surface area contributed by atoms with Crippen molar-refractivity contribution in [3.05, 3.63) is 84.0 Å². The smallest absolute Gasteiger partial charge is 0.310 e. The SMILES string of the molecule is C.CCOC(=O)Cc1c(C)oc2cc(C)c(C)cc2c1=O.Cc1cc2c(=O)c(CC(=O)O)c(C)oc2cc1O. The minimum absolute atomic E-state index is 0. The van der Waals surface area contributed by atoms with E-state index in [0.29, 0.717) is 34.5 Å². The van der Waals surface area contributed by atoms with Crippen molar-refractivity contribution in [1.82, 2.24) is 0 Å². The van der Waals surface area contributed by atoms with E-state index in [0.717, 1.165) is 11.1 Å². The van der Waals surface area contributed by atoms with Gasteiger partial charge in [0.15, 0.2) is 10.9 Å². The average Bonchev–Trinajstić information content (AvgIpc) is 2.83. The second kappa shape index (κ2) is 12.4. The maximum atomic E-state index is 12.5. The van der Waals surface area contributed by atoms with E-state index >= 15 is 0 Å². The molecule has 0 spiro atoms. The molecule has 0 saturated carbocycles. The predicted molar refractivity (Wildman–Crippen MR) is 149 cm³/mol. The van der Waals surface area contributed by atoms with E-state index in [9.17, 15) is 24.3 Å². The predicted octanol–water partition coefficient (Wildman–Crippen LogP) is 5.20. The van der Waals surface area contributed by atoms with Crippen molar-refractivity contribution in [2.45, 2.75) is 61.8 Å². The number of aliphatic carboxylic acids is 1. The van der Waals surface area contributed by atoms with Crippen LogP contribution in [0.5, 0.6) is 5.75 Å². The van der Waals surface area contributed by atoms with Crippen molar-refractivity contribution in [3.63, 3.8) is 0 Å². The maximum absolute atomic E-state index is 12.5. The van der Waals surface area contributed by atoms with Crippen LogP contribution in [0.2, 0.25) is 0 Å². The fourth-order valence-electron chi connectivity index (χ4n) is 4.01. The van der Waals surface area contributed by atoms with Crippen LogP contribution in [0.15, 0.2) is 42.7 Å². The van der Waals surface area contributed by atoms with Gasteiger partial charge < -0.3 is 23.8 Å². The van der Waals surface area contributed by atoms with Gasteiger partial charge in [-0.3, -0.25) is 19.2 Å². The number of phenolic OH excluding ortho intramolecular Hbond substituents is 1. The largest absolute Gasteiger partial charge is 0.508 e. The highest BCUT2D eigenvalue weighted by atomic mass is 16.5. The number of esters is 1. The van der Waals surface area contributed by atoms with Gasteiger partial charge >= 0.3 is 11.9 Å². The van der Waals surface area contributed by atoms with E-state index in [2.05, 4.69) is 0 Å². The lowest BCUT2D eigenvalue weighted by molar-refractivity contribution is -0.142. The first-order valence-electron chi connectivity index (χ1n) is 12.0. The minimum Gasteiger partial charge on any atom is -0.508 e. The number of benzene rings is 2. The van der Waals surface area contributed by atoms with Crippen LogP contribution in [0, 0.1) is 34.6 Å². The van der Waals surface area contributed by atoms with E-state index in [1.54, 1.807) is 20.8 Å². The van der Waals surface area contributed by atoms with E-state index in [1.165, 1.54) is 19.1 Å². The Kier molecular flexibility index (Phi) is 9.82. The molecule has 0 fully saturated rings. The highest BCUT2D eigenvalue weighted by Crippen LogP contribution is 2.24. The third kappa shape index (κ3) is 6.73. The summed E-state index contributed by atoms with van der Waals surface area (Å²) in [6.07, 6.45) is -0.422. The zero-order valence-corrected chi connectivity index (χ0v) is 22.2. The normalized spacial score (nSPS) is 10.5. The quantitative estimate of drug-likeness (QED) is 0.327. The number of hydrogen-bond donors (Lipinski definition) is 2. The Hall–Kier alpha value is -4.40. The number of hydrogen-bond acceptors (Lipinski definition) is 8. The van der Waals surface area contributed by atoms with Crippen molar-refractivity contribution in [1.29, 1.82) is 0 Å². The van der Waals surface area contributed by atoms with Crippen molar-refractivity contribution < 1.29 is 33.4 Å². The average molecular weight is 539 g/mol. The topological polar surface area (TPSA) is 144 Å². The number of fused-ring (bicyclic) bond motifs is 2. The molecule has 0 aliphatic rings. The molecular formula is C30H34O9. The van der Waals surface area contributed by atoms with Crippen LogP contribution in [0.1, 0.15) is 53.7 Å². The second-order valence-electron chi connectivity index (χ2n) is 9.05. The molecule has 4 rings (SSSR count). The molecule has 9 heteroatoms. The lowest BCUT2D eigenvalue weighted by Crippen LogP contribution is -2.17. The first kappa shape index (κ1) is 30.8. The van der Waals surface area contributed by atoms with Gasteiger partial charge in [-0.2, -0.15) is 0 Å². The fraction of sp³-hybridized carbons (Fsp3) is 0.333. The molecule has 2 N–H and O–H groups in total. The highest BCUT2D eigenvalue weighted by Gasteiger charge is 2.17. The van der Waals surface area contributed by atoms with Crippen molar-refractivity contribution in [2.75, 3.05) is 6.61 Å². The van der Waals surface area contributed by atoms with Gasteiger partial charge in [-0.05, 0) is 76.4 Å². The number of carboxylic acids is 1. The Balaban J connectivity index is 0.000000268. The summed E-state index contributed by atoms with van der Waals surface area (Å²) >= 11 is 0. The van der Waals surface area contributed by atoms with Crippen LogP contribution in [-0.4, -0.2) is 28.8 Å². The molecule has 39 heavy (non-hydrogen) atoms. The third-order valence-corrected chi connectivity index (χ3v) is 6.26. The summed E-state index contributed by atoms with van der Waals surface area (Å²) in [6, 6.07) is 6.53. The van der Waals surface area contributed by atoms with E-state index in [4.69, 9.17) is 18.7 Å². The van der Waals surface area contributed by atoms with Gasteiger partial charge in [0.05, 0.1) is 30.2 Å². The lowest BCUT2D eigenvalue weighted by Gasteiger charge is -2.08. The van der Waals surface area contributed by atoms with Gasteiger partial charge in [0, 0.05) is 17.2 Å². The zero-order chi connectivity index (χ0) is 28.3. The molecule has 2 aromatic carbocycles. The Morgan fingerprint density at radius 1 is 0.769 bits per heavy atom. The summed E-state index contributed by atoms with van der Waals surface area (Å²) in [5.74, 6) is -0.723. The Morgan fingerprint density at radius 3 is 1.74 bits per heavy atom. The summed E-state index contributed by atoms with van der Waals surface area (Å²) in [5.41, 5.74) is 3.45. The zero-order valence-electron chi connectivity index (χ0n) is 22.2. The second-order valence-corrected chi connectivity index (χ2v) is 9.05. The molecule has 208 valence electrons. The third-order valence-electron chi connectivity index (χ3n) is 6.26. The van der Waals surface area contributed by atoms with Crippen molar-refractivity contribution in [2.24, 2.45) is 0 Å².